The second-order valence-electron chi connectivity index (χ2n) is 4.41. The van der Waals surface area contributed by atoms with Gasteiger partial charge in [0.15, 0.2) is 0 Å². The fraction of sp³-hybridized carbons (Fsp3) is 0.583. The number of thiophene rings is 1. The SMILES string of the molecule is Cl.O=C(CCC1CCNC1)NCc1cc(Br)cs1. The minimum Gasteiger partial charge on any atom is -0.351 e. The lowest BCUT2D eigenvalue weighted by Gasteiger charge is -2.07. The maximum atomic E-state index is 11.6. The maximum Gasteiger partial charge on any atom is 0.220 e. The summed E-state index contributed by atoms with van der Waals surface area (Å²) < 4.78 is 1.09. The van der Waals surface area contributed by atoms with Gasteiger partial charge in [-0.2, -0.15) is 0 Å². The Morgan fingerprint density at radius 2 is 2.44 bits per heavy atom. The molecule has 0 bridgehead atoms. The quantitative estimate of drug-likeness (QED) is 0.854. The molecule has 1 fully saturated rings. The van der Waals surface area contributed by atoms with Crippen molar-refractivity contribution < 1.29 is 4.79 Å². The first-order valence-electron chi connectivity index (χ1n) is 5.94. The fourth-order valence-electron chi connectivity index (χ4n) is 2.02. The van der Waals surface area contributed by atoms with E-state index in [9.17, 15) is 4.79 Å². The van der Waals surface area contributed by atoms with Crippen molar-refractivity contribution in [2.24, 2.45) is 5.92 Å². The number of carbonyl (C=O) groups is 1. The second-order valence-corrected chi connectivity index (χ2v) is 6.32. The van der Waals surface area contributed by atoms with Gasteiger partial charge in [0.2, 0.25) is 5.91 Å². The summed E-state index contributed by atoms with van der Waals surface area (Å²) in [5.74, 6) is 0.859. The van der Waals surface area contributed by atoms with Crippen LogP contribution in [0.2, 0.25) is 0 Å². The zero-order chi connectivity index (χ0) is 12.1. The minimum atomic E-state index is 0. The van der Waals surface area contributed by atoms with Crippen molar-refractivity contribution in [3.8, 4) is 0 Å². The Morgan fingerprint density at radius 1 is 1.61 bits per heavy atom. The Labute approximate surface area is 126 Å². The summed E-state index contributed by atoms with van der Waals surface area (Å²) in [7, 11) is 0. The predicted molar refractivity (Wildman–Crippen MR) is 81.3 cm³/mol. The third kappa shape index (κ3) is 5.26. The third-order valence-electron chi connectivity index (χ3n) is 3.02. The highest BCUT2D eigenvalue weighted by molar-refractivity contribution is 9.10. The van der Waals surface area contributed by atoms with Crippen LogP contribution in [0.1, 0.15) is 24.1 Å². The largest absolute Gasteiger partial charge is 0.351 e. The van der Waals surface area contributed by atoms with Crippen molar-refractivity contribution in [3.63, 3.8) is 0 Å². The molecule has 1 aromatic rings. The minimum absolute atomic E-state index is 0. The summed E-state index contributed by atoms with van der Waals surface area (Å²) in [4.78, 5) is 12.8. The summed E-state index contributed by atoms with van der Waals surface area (Å²) in [6.07, 6.45) is 2.87. The second kappa shape index (κ2) is 8.15. The van der Waals surface area contributed by atoms with E-state index in [2.05, 4.69) is 26.6 Å². The van der Waals surface area contributed by atoms with Gasteiger partial charge in [-0.05, 0) is 53.8 Å². The van der Waals surface area contributed by atoms with Crippen LogP contribution in [0.4, 0.5) is 0 Å². The molecule has 3 nitrogen and oxygen atoms in total. The van der Waals surface area contributed by atoms with E-state index in [1.54, 1.807) is 11.3 Å². The molecule has 1 aliphatic rings. The van der Waals surface area contributed by atoms with Gasteiger partial charge in [0.1, 0.15) is 0 Å². The third-order valence-corrected chi connectivity index (χ3v) is 4.72. The lowest BCUT2D eigenvalue weighted by atomic mass is 10.0. The summed E-state index contributed by atoms with van der Waals surface area (Å²) >= 11 is 5.07. The standard InChI is InChI=1S/C12H17BrN2OS.ClH/c13-10-5-11(17-8-10)7-15-12(16)2-1-9-3-4-14-6-9;/h5,8-9,14H,1-4,6-7H2,(H,15,16);1H. The van der Waals surface area contributed by atoms with Gasteiger partial charge < -0.3 is 10.6 Å². The number of hydrogen-bond acceptors (Lipinski definition) is 3. The lowest BCUT2D eigenvalue weighted by Crippen LogP contribution is -2.23. The van der Waals surface area contributed by atoms with Crippen LogP contribution in [-0.4, -0.2) is 19.0 Å². The predicted octanol–water partition coefficient (Wildman–Crippen LogP) is 2.94. The average molecular weight is 354 g/mol. The van der Waals surface area contributed by atoms with Crippen LogP contribution < -0.4 is 10.6 Å². The van der Waals surface area contributed by atoms with Gasteiger partial charge in [-0.15, -0.1) is 23.7 Å². The van der Waals surface area contributed by atoms with Crippen LogP contribution in [0.5, 0.6) is 0 Å². The van der Waals surface area contributed by atoms with Crippen LogP contribution in [0.25, 0.3) is 0 Å². The van der Waals surface area contributed by atoms with Crippen LogP contribution >= 0.6 is 39.7 Å². The molecule has 2 heterocycles. The van der Waals surface area contributed by atoms with Crippen LogP contribution in [-0.2, 0) is 11.3 Å². The molecule has 0 radical (unpaired) electrons. The molecule has 6 heteroatoms. The molecule has 1 aromatic heterocycles. The Hall–Kier alpha value is -0.100. The van der Waals surface area contributed by atoms with E-state index >= 15 is 0 Å². The zero-order valence-electron chi connectivity index (χ0n) is 10.1. The highest BCUT2D eigenvalue weighted by atomic mass is 79.9. The van der Waals surface area contributed by atoms with E-state index in [1.165, 1.54) is 11.3 Å². The van der Waals surface area contributed by atoms with E-state index in [0.717, 1.165) is 24.0 Å². The molecule has 18 heavy (non-hydrogen) atoms. The number of halogens is 2. The Bertz CT molecular complexity index is 380. The Kier molecular flexibility index (Phi) is 7.22. The summed E-state index contributed by atoms with van der Waals surface area (Å²) in [6.45, 7) is 2.83. The van der Waals surface area contributed by atoms with Crippen molar-refractivity contribution in [3.05, 3.63) is 20.8 Å². The molecular weight excluding hydrogens is 336 g/mol. The smallest absolute Gasteiger partial charge is 0.220 e. The number of carbonyl (C=O) groups excluding carboxylic acids is 1. The number of hydrogen-bond donors (Lipinski definition) is 2. The lowest BCUT2D eigenvalue weighted by molar-refractivity contribution is -0.121. The monoisotopic (exact) mass is 352 g/mol. The van der Waals surface area contributed by atoms with Crippen molar-refractivity contribution in [1.82, 2.24) is 10.6 Å². The molecule has 1 amide bonds. The van der Waals surface area contributed by atoms with Gasteiger partial charge in [-0.3, -0.25) is 4.79 Å². The number of amides is 1. The molecule has 1 aliphatic heterocycles. The van der Waals surface area contributed by atoms with Crippen molar-refractivity contribution in [2.45, 2.75) is 25.8 Å². The van der Waals surface area contributed by atoms with E-state index in [1.807, 2.05) is 11.4 Å². The molecule has 1 atom stereocenters. The molecule has 102 valence electrons. The molecule has 2 rings (SSSR count). The van der Waals surface area contributed by atoms with E-state index in [-0.39, 0.29) is 18.3 Å². The van der Waals surface area contributed by atoms with E-state index in [4.69, 9.17) is 0 Å². The van der Waals surface area contributed by atoms with Gasteiger partial charge >= 0.3 is 0 Å². The zero-order valence-corrected chi connectivity index (χ0v) is 13.3. The molecule has 1 saturated heterocycles. The summed E-state index contributed by atoms with van der Waals surface area (Å²) in [6, 6.07) is 2.05. The van der Waals surface area contributed by atoms with Crippen molar-refractivity contribution in [1.29, 1.82) is 0 Å². The highest BCUT2D eigenvalue weighted by Crippen LogP contribution is 2.19. The van der Waals surface area contributed by atoms with Crippen LogP contribution in [0.3, 0.4) is 0 Å². The number of rotatable bonds is 5. The highest BCUT2D eigenvalue weighted by Gasteiger charge is 2.15. The fourth-order valence-corrected chi connectivity index (χ4v) is 3.41. The molecule has 0 aliphatic carbocycles. The first kappa shape index (κ1) is 16.0. The molecule has 2 N–H and O–H groups in total. The van der Waals surface area contributed by atoms with Gasteiger partial charge in [0, 0.05) is 21.2 Å². The topological polar surface area (TPSA) is 41.1 Å². The van der Waals surface area contributed by atoms with Crippen LogP contribution in [0.15, 0.2) is 15.9 Å². The average Bonchev–Trinajstić information content (AvgIpc) is 2.95. The first-order chi connectivity index (χ1) is 8.24. The van der Waals surface area contributed by atoms with Crippen molar-refractivity contribution >= 4 is 45.6 Å². The molecule has 0 saturated carbocycles. The molecular formula is C12H18BrClN2OS. The summed E-state index contributed by atoms with van der Waals surface area (Å²) in [5.41, 5.74) is 0. The van der Waals surface area contributed by atoms with Gasteiger partial charge in [0.05, 0.1) is 6.54 Å². The van der Waals surface area contributed by atoms with Gasteiger partial charge in [-0.25, -0.2) is 0 Å². The normalized spacial score (nSPS) is 18.4. The summed E-state index contributed by atoms with van der Waals surface area (Å²) in [5, 5.41) is 8.32. The molecule has 1 unspecified atom stereocenters. The van der Waals surface area contributed by atoms with Crippen molar-refractivity contribution in [2.75, 3.05) is 13.1 Å². The Balaban J connectivity index is 0.00000162. The Morgan fingerprint density at radius 3 is 3.06 bits per heavy atom. The van der Waals surface area contributed by atoms with E-state index in [0.29, 0.717) is 18.9 Å². The first-order valence-corrected chi connectivity index (χ1v) is 7.61. The molecule has 0 aromatic carbocycles. The van der Waals surface area contributed by atoms with Crippen LogP contribution in [0, 0.1) is 5.92 Å². The molecule has 0 spiro atoms. The van der Waals surface area contributed by atoms with Gasteiger partial charge in [0.25, 0.3) is 0 Å². The van der Waals surface area contributed by atoms with E-state index < -0.39 is 0 Å². The number of nitrogens with one attached hydrogen (secondary N) is 2. The maximum absolute atomic E-state index is 11.6. The van der Waals surface area contributed by atoms with Gasteiger partial charge in [-0.1, -0.05) is 0 Å².